The number of carboxylic acids is 1. The number of halogens is 1. The molecule has 110 valence electrons. The number of aromatic amines is 1. The summed E-state index contributed by atoms with van der Waals surface area (Å²) < 4.78 is 6.39. The van der Waals surface area contributed by atoms with Crippen LogP contribution in [0.25, 0.3) is 11.3 Å². The number of aromatic nitrogens is 2. The molecule has 2 N–H and O–H groups in total. The lowest BCUT2D eigenvalue weighted by molar-refractivity contribution is 0.0690. The van der Waals surface area contributed by atoms with Crippen LogP contribution in [0, 0.1) is 0 Å². The molecule has 3 rings (SSSR count). The smallest absolute Gasteiger partial charge is 0.353 e. The third kappa shape index (κ3) is 2.44. The molecule has 0 unspecified atom stereocenters. The molecule has 0 amide bonds. The molecule has 1 aromatic carbocycles. The first-order chi connectivity index (χ1) is 10.1. The van der Waals surface area contributed by atoms with Crippen LogP contribution in [-0.4, -0.2) is 28.4 Å². The van der Waals surface area contributed by atoms with Gasteiger partial charge in [-0.25, -0.2) is 4.79 Å². The number of methoxy groups -OCH3 is 1. The van der Waals surface area contributed by atoms with Gasteiger partial charge in [0.2, 0.25) is 0 Å². The fraction of sp³-hybridized carbons (Fsp3) is 0.333. The Morgan fingerprint density at radius 1 is 1.38 bits per heavy atom. The van der Waals surface area contributed by atoms with Crippen molar-refractivity contribution in [2.45, 2.75) is 25.7 Å². The number of aryl methyl sites for hydroxylation is 1. The van der Waals surface area contributed by atoms with Crippen molar-refractivity contribution < 1.29 is 14.6 Å². The summed E-state index contributed by atoms with van der Waals surface area (Å²) >= 11 is 3.54. The minimum Gasteiger partial charge on any atom is -0.495 e. The quantitative estimate of drug-likeness (QED) is 0.889. The molecule has 1 aliphatic rings. The molecular formula is C15H15BrN2O3. The Morgan fingerprint density at radius 2 is 2.14 bits per heavy atom. The predicted molar refractivity (Wildman–Crippen MR) is 81.9 cm³/mol. The fourth-order valence-electron chi connectivity index (χ4n) is 2.88. The number of hydrogen-bond acceptors (Lipinski definition) is 3. The van der Waals surface area contributed by atoms with Gasteiger partial charge < -0.3 is 9.84 Å². The van der Waals surface area contributed by atoms with Gasteiger partial charge in [-0.15, -0.1) is 0 Å². The van der Waals surface area contributed by atoms with Crippen LogP contribution in [0.5, 0.6) is 5.75 Å². The second-order valence-corrected chi connectivity index (χ2v) is 5.94. The Kier molecular flexibility index (Phi) is 3.71. The van der Waals surface area contributed by atoms with Gasteiger partial charge in [0, 0.05) is 5.56 Å². The van der Waals surface area contributed by atoms with Crippen molar-refractivity contribution in [1.82, 2.24) is 10.2 Å². The summed E-state index contributed by atoms with van der Waals surface area (Å²) in [6.07, 6.45) is 4.29. The third-order valence-electron chi connectivity index (χ3n) is 3.83. The van der Waals surface area contributed by atoms with Gasteiger partial charge in [-0.1, -0.05) is 0 Å². The van der Waals surface area contributed by atoms with Crippen molar-refractivity contribution in [2.75, 3.05) is 7.11 Å². The van der Waals surface area contributed by atoms with E-state index in [1.165, 1.54) is 17.5 Å². The fourth-order valence-corrected chi connectivity index (χ4v) is 3.51. The second-order valence-electron chi connectivity index (χ2n) is 5.08. The van der Waals surface area contributed by atoms with E-state index in [9.17, 15) is 4.79 Å². The minimum atomic E-state index is -1.02. The van der Waals surface area contributed by atoms with Crippen LogP contribution in [0.15, 0.2) is 16.6 Å². The summed E-state index contributed by atoms with van der Waals surface area (Å²) in [7, 11) is 1.61. The van der Waals surface area contributed by atoms with Gasteiger partial charge in [0.25, 0.3) is 0 Å². The third-order valence-corrected chi connectivity index (χ3v) is 4.41. The number of rotatable bonds is 3. The summed E-state index contributed by atoms with van der Waals surface area (Å²) in [6.45, 7) is 0. The zero-order chi connectivity index (χ0) is 15.0. The van der Waals surface area contributed by atoms with E-state index in [-0.39, 0.29) is 5.69 Å². The van der Waals surface area contributed by atoms with Gasteiger partial charge in [0.15, 0.2) is 0 Å². The van der Waals surface area contributed by atoms with Gasteiger partial charge in [0.1, 0.15) is 11.4 Å². The summed E-state index contributed by atoms with van der Waals surface area (Å²) in [5.41, 5.74) is 4.08. The number of fused-ring (bicyclic) bond motifs is 1. The number of benzene rings is 1. The van der Waals surface area contributed by atoms with E-state index in [2.05, 4.69) is 32.2 Å². The molecule has 1 aliphatic carbocycles. The Morgan fingerprint density at radius 3 is 2.81 bits per heavy atom. The SMILES string of the molecule is COc1c(Br)cc2c(c1-c1cc(C(=O)O)[nH]n1)CCCC2. The number of nitrogens with one attached hydrogen (secondary N) is 1. The summed E-state index contributed by atoms with van der Waals surface area (Å²) in [6, 6.07) is 3.66. The van der Waals surface area contributed by atoms with Crippen LogP contribution < -0.4 is 4.74 Å². The van der Waals surface area contributed by atoms with Gasteiger partial charge in [-0.05, 0) is 64.9 Å². The van der Waals surface area contributed by atoms with E-state index >= 15 is 0 Å². The van der Waals surface area contributed by atoms with E-state index < -0.39 is 5.97 Å². The molecule has 0 aliphatic heterocycles. The first kappa shape index (κ1) is 14.1. The van der Waals surface area contributed by atoms with E-state index in [4.69, 9.17) is 9.84 Å². The monoisotopic (exact) mass is 350 g/mol. The molecule has 21 heavy (non-hydrogen) atoms. The zero-order valence-electron chi connectivity index (χ0n) is 11.6. The van der Waals surface area contributed by atoms with Crippen LogP contribution in [0.1, 0.15) is 34.5 Å². The standard InChI is InChI=1S/C15H15BrN2O3/c1-21-14-10(16)6-8-4-2-3-5-9(8)13(14)11-7-12(15(19)20)18-17-11/h6-7H,2-5H2,1H3,(H,17,18)(H,19,20). The molecule has 0 saturated carbocycles. The lowest BCUT2D eigenvalue weighted by Gasteiger charge is -2.22. The normalized spacial score (nSPS) is 13.8. The van der Waals surface area contributed by atoms with Crippen molar-refractivity contribution >= 4 is 21.9 Å². The van der Waals surface area contributed by atoms with E-state index in [0.29, 0.717) is 11.4 Å². The Bertz CT molecular complexity index is 709. The van der Waals surface area contributed by atoms with Crippen LogP contribution in [0.3, 0.4) is 0 Å². The van der Waals surface area contributed by atoms with E-state index in [1.54, 1.807) is 13.2 Å². The van der Waals surface area contributed by atoms with E-state index in [0.717, 1.165) is 29.3 Å². The molecule has 0 bridgehead atoms. The number of ether oxygens (including phenoxy) is 1. The predicted octanol–water partition coefficient (Wildman–Crippen LogP) is 3.42. The highest BCUT2D eigenvalue weighted by Crippen LogP contribution is 2.42. The average Bonchev–Trinajstić information content (AvgIpc) is 2.95. The Labute approximate surface area is 130 Å². The maximum Gasteiger partial charge on any atom is 0.353 e. The number of hydrogen-bond donors (Lipinski definition) is 2. The minimum absolute atomic E-state index is 0.0802. The largest absolute Gasteiger partial charge is 0.495 e. The van der Waals surface area contributed by atoms with Gasteiger partial charge in [0.05, 0.1) is 17.3 Å². The highest BCUT2D eigenvalue weighted by molar-refractivity contribution is 9.10. The highest BCUT2D eigenvalue weighted by atomic mass is 79.9. The van der Waals surface area contributed by atoms with Crippen LogP contribution in [0.2, 0.25) is 0 Å². The van der Waals surface area contributed by atoms with Crippen LogP contribution in [-0.2, 0) is 12.8 Å². The number of carboxylic acid groups (broad SMARTS) is 1. The summed E-state index contributed by atoms with van der Waals surface area (Å²) in [5, 5.41) is 15.8. The molecule has 2 aromatic rings. The number of nitrogens with zero attached hydrogens (tertiary/aromatic N) is 1. The first-order valence-electron chi connectivity index (χ1n) is 6.79. The van der Waals surface area contributed by atoms with Gasteiger partial charge >= 0.3 is 5.97 Å². The molecule has 0 atom stereocenters. The lowest BCUT2D eigenvalue weighted by atomic mass is 9.86. The topological polar surface area (TPSA) is 75.2 Å². The summed E-state index contributed by atoms with van der Waals surface area (Å²) in [4.78, 5) is 11.0. The second kappa shape index (κ2) is 5.52. The molecule has 0 fully saturated rings. The van der Waals surface area contributed by atoms with Crippen molar-refractivity contribution in [2.24, 2.45) is 0 Å². The molecule has 0 radical (unpaired) electrons. The Balaban J connectivity index is 2.23. The zero-order valence-corrected chi connectivity index (χ0v) is 13.2. The number of H-pyrrole nitrogens is 1. The van der Waals surface area contributed by atoms with Gasteiger partial charge in [-0.3, -0.25) is 5.10 Å². The molecule has 1 heterocycles. The van der Waals surface area contributed by atoms with Crippen LogP contribution >= 0.6 is 15.9 Å². The van der Waals surface area contributed by atoms with Crippen molar-refractivity contribution in [3.8, 4) is 17.0 Å². The average molecular weight is 351 g/mol. The van der Waals surface area contributed by atoms with Crippen LogP contribution in [0.4, 0.5) is 0 Å². The maximum atomic E-state index is 11.0. The van der Waals surface area contributed by atoms with Crippen molar-refractivity contribution in [3.63, 3.8) is 0 Å². The molecule has 1 aromatic heterocycles. The molecule has 6 heteroatoms. The maximum absolute atomic E-state index is 11.0. The summed E-state index contributed by atoms with van der Waals surface area (Å²) in [5.74, 6) is -0.310. The van der Waals surface area contributed by atoms with E-state index in [1.807, 2.05) is 0 Å². The molecule has 0 saturated heterocycles. The molecule has 0 spiro atoms. The lowest BCUT2D eigenvalue weighted by Crippen LogP contribution is -2.07. The van der Waals surface area contributed by atoms with Gasteiger partial charge in [-0.2, -0.15) is 5.10 Å². The molecular weight excluding hydrogens is 336 g/mol. The highest BCUT2D eigenvalue weighted by Gasteiger charge is 2.23. The molecule has 5 nitrogen and oxygen atoms in total. The first-order valence-corrected chi connectivity index (χ1v) is 7.58. The number of aromatic carboxylic acids is 1. The van der Waals surface area contributed by atoms with Crippen molar-refractivity contribution in [1.29, 1.82) is 0 Å². The Hall–Kier alpha value is -1.82. The van der Waals surface area contributed by atoms with Crippen molar-refractivity contribution in [3.05, 3.63) is 33.4 Å². The number of carbonyl (C=O) groups is 1.